The van der Waals surface area contributed by atoms with E-state index < -0.39 is 25.2 Å². The van der Waals surface area contributed by atoms with E-state index in [4.69, 9.17) is 6.48 Å². The number of alkyl carbamates (subject to hydrolysis) is 1. The van der Waals surface area contributed by atoms with Crippen molar-refractivity contribution in [3.63, 3.8) is 0 Å². The zero-order valence-corrected chi connectivity index (χ0v) is 7.03. The molecule has 0 rings (SSSR count). The van der Waals surface area contributed by atoms with Crippen molar-refractivity contribution in [1.82, 2.24) is 5.32 Å². The standard InChI is InChI=1S/C7H13NO4/c1-4(2)5(6(9)10)8-7(11)12-3/h4-5H,1-3H3,(H,8,11)(H,9,10)/t5-/m0/s1/i3D. The highest BCUT2D eigenvalue weighted by molar-refractivity contribution is 5.80. The van der Waals surface area contributed by atoms with Gasteiger partial charge in [0.1, 0.15) is 6.04 Å². The van der Waals surface area contributed by atoms with E-state index in [0.29, 0.717) is 0 Å². The summed E-state index contributed by atoms with van der Waals surface area (Å²) in [6.45, 7) is 3.33. The van der Waals surface area contributed by atoms with Crippen LogP contribution in [0.25, 0.3) is 0 Å². The first-order valence-corrected chi connectivity index (χ1v) is 3.44. The fourth-order valence-electron chi connectivity index (χ4n) is 0.682. The average Bonchev–Trinajstić information content (AvgIpc) is 1.99. The highest BCUT2D eigenvalue weighted by atomic mass is 16.5. The van der Waals surface area contributed by atoms with Gasteiger partial charge in [0.05, 0.1) is 8.46 Å². The molecule has 0 aliphatic carbocycles. The Labute approximate surface area is 72.1 Å². The minimum atomic E-state index is -1.11. The maximum absolute atomic E-state index is 10.7. The van der Waals surface area contributed by atoms with Gasteiger partial charge in [0.25, 0.3) is 0 Å². The third-order valence-corrected chi connectivity index (χ3v) is 1.34. The highest BCUT2D eigenvalue weighted by Gasteiger charge is 2.23. The Kier molecular flexibility index (Phi) is 3.37. The Morgan fingerprint density at radius 2 is 2.17 bits per heavy atom. The summed E-state index contributed by atoms with van der Waals surface area (Å²) in [5.74, 6) is -1.34. The van der Waals surface area contributed by atoms with Crippen LogP contribution in [0, 0.1) is 5.92 Å². The molecule has 5 heteroatoms. The molecule has 0 heterocycles. The lowest BCUT2D eigenvalue weighted by atomic mass is 10.1. The second-order valence-electron chi connectivity index (χ2n) is 2.64. The third kappa shape index (κ3) is 3.23. The van der Waals surface area contributed by atoms with E-state index in [2.05, 4.69) is 10.1 Å². The normalized spacial score (nSPS) is 13.4. The van der Waals surface area contributed by atoms with E-state index >= 15 is 0 Å². The first kappa shape index (κ1) is 8.83. The van der Waals surface area contributed by atoms with Gasteiger partial charge in [-0.05, 0) is 5.92 Å². The van der Waals surface area contributed by atoms with Crippen molar-refractivity contribution < 1.29 is 20.8 Å². The number of carboxylic acid groups (broad SMARTS) is 1. The molecule has 0 aliphatic rings. The number of carboxylic acids is 1. The van der Waals surface area contributed by atoms with Crippen molar-refractivity contribution in [2.75, 3.05) is 7.09 Å². The van der Waals surface area contributed by atoms with Crippen molar-refractivity contribution >= 4 is 12.1 Å². The Morgan fingerprint density at radius 3 is 2.50 bits per heavy atom. The van der Waals surface area contributed by atoms with Crippen LogP contribution in [0.2, 0.25) is 0 Å². The van der Waals surface area contributed by atoms with Gasteiger partial charge in [0.15, 0.2) is 0 Å². The van der Waals surface area contributed by atoms with Crippen LogP contribution in [-0.4, -0.2) is 30.3 Å². The quantitative estimate of drug-likeness (QED) is 0.654. The number of amides is 1. The van der Waals surface area contributed by atoms with Crippen LogP contribution in [0.15, 0.2) is 0 Å². The number of nitrogens with one attached hydrogen (secondary N) is 1. The number of rotatable bonds is 3. The summed E-state index contributed by atoms with van der Waals surface area (Å²) in [7, 11) is -0.518. The summed E-state index contributed by atoms with van der Waals surface area (Å²) in [5.41, 5.74) is 0. The summed E-state index contributed by atoms with van der Waals surface area (Å²) >= 11 is 0. The van der Waals surface area contributed by atoms with Gasteiger partial charge in [-0.15, -0.1) is 0 Å². The van der Waals surface area contributed by atoms with Crippen LogP contribution in [0.5, 0.6) is 0 Å². The predicted molar refractivity (Wildman–Crippen MR) is 41.8 cm³/mol. The molecule has 0 fully saturated rings. The molecule has 1 atom stereocenters. The van der Waals surface area contributed by atoms with Gasteiger partial charge < -0.3 is 15.2 Å². The van der Waals surface area contributed by atoms with E-state index in [1.165, 1.54) is 0 Å². The fourth-order valence-corrected chi connectivity index (χ4v) is 0.682. The summed E-state index contributed by atoms with van der Waals surface area (Å²) < 4.78 is 10.8. The molecule has 0 radical (unpaired) electrons. The van der Waals surface area contributed by atoms with Crippen molar-refractivity contribution in [2.45, 2.75) is 19.9 Å². The molecular formula is C7H13NO4. The number of aliphatic carboxylic acids is 1. The highest BCUT2D eigenvalue weighted by Crippen LogP contribution is 2.01. The molecule has 0 spiro atoms. The molecule has 0 aliphatic heterocycles. The lowest BCUT2D eigenvalue weighted by Gasteiger charge is -2.16. The van der Waals surface area contributed by atoms with E-state index in [-0.39, 0.29) is 5.92 Å². The van der Waals surface area contributed by atoms with Gasteiger partial charge >= 0.3 is 12.1 Å². The lowest BCUT2D eigenvalue weighted by Crippen LogP contribution is -2.44. The maximum atomic E-state index is 10.7. The third-order valence-electron chi connectivity index (χ3n) is 1.34. The van der Waals surface area contributed by atoms with Crippen molar-refractivity contribution in [2.24, 2.45) is 5.92 Å². The van der Waals surface area contributed by atoms with Crippen LogP contribution in [-0.2, 0) is 9.53 Å². The largest absolute Gasteiger partial charge is 0.480 e. The number of hydrogen-bond donors (Lipinski definition) is 2. The van der Waals surface area contributed by atoms with Gasteiger partial charge in [-0.2, -0.15) is 0 Å². The summed E-state index contributed by atoms with van der Waals surface area (Å²) in [4.78, 5) is 21.3. The Bertz CT molecular complexity index is 195. The molecule has 0 saturated heterocycles. The molecule has 70 valence electrons. The van der Waals surface area contributed by atoms with Crippen molar-refractivity contribution in [3.05, 3.63) is 0 Å². The first-order valence-electron chi connectivity index (χ1n) is 4.15. The SMILES string of the molecule is [2H]COC(=O)N[C@H](C(=O)O)C(C)C. The second kappa shape index (κ2) is 4.58. The smallest absolute Gasteiger partial charge is 0.407 e. The maximum Gasteiger partial charge on any atom is 0.407 e. The van der Waals surface area contributed by atoms with Crippen molar-refractivity contribution in [1.29, 1.82) is 0 Å². The molecule has 0 aromatic carbocycles. The predicted octanol–water partition coefficient (Wildman–Crippen LogP) is 0.452. The fraction of sp³-hybridized carbons (Fsp3) is 0.714. The molecule has 5 nitrogen and oxygen atoms in total. The number of hydrogen-bond acceptors (Lipinski definition) is 3. The molecule has 0 unspecified atom stereocenters. The number of ether oxygens (including phenoxy) is 1. The average molecular weight is 176 g/mol. The van der Waals surface area contributed by atoms with E-state index in [1.807, 2.05) is 0 Å². The van der Waals surface area contributed by atoms with Crippen LogP contribution >= 0.6 is 0 Å². The Balaban J connectivity index is 4.10. The van der Waals surface area contributed by atoms with Gasteiger partial charge in [-0.3, -0.25) is 0 Å². The van der Waals surface area contributed by atoms with Crippen LogP contribution in [0.3, 0.4) is 0 Å². The molecular weight excluding hydrogens is 162 g/mol. The van der Waals surface area contributed by atoms with Crippen LogP contribution < -0.4 is 5.32 Å². The molecule has 12 heavy (non-hydrogen) atoms. The van der Waals surface area contributed by atoms with Crippen molar-refractivity contribution in [3.8, 4) is 0 Å². The van der Waals surface area contributed by atoms with Crippen LogP contribution in [0.4, 0.5) is 4.79 Å². The van der Waals surface area contributed by atoms with Gasteiger partial charge in [-0.1, -0.05) is 13.8 Å². The monoisotopic (exact) mass is 176 g/mol. The lowest BCUT2D eigenvalue weighted by molar-refractivity contribution is -0.140. The topological polar surface area (TPSA) is 75.6 Å². The van der Waals surface area contributed by atoms with E-state index in [1.54, 1.807) is 13.8 Å². The number of carbonyl (C=O) groups is 2. The van der Waals surface area contributed by atoms with E-state index in [0.717, 1.165) is 0 Å². The first-order chi connectivity index (χ1) is 5.99. The van der Waals surface area contributed by atoms with Gasteiger partial charge in [0, 0.05) is 0 Å². The number of methoxy groups -OCH3 is 1. The minimum Gasteiger partial charge on any atom is -0.480 e. The number of carbonyl (C=O) groups excluding carboxylic acids is 1. The van der Waals surface area contributed by atoms with E-state index in [9.17, 15) is 9.59 Å². The molecule has 0 saturated carbocycles. The zero-order valence-electron chi connectivity index (χ0n) is 8.03. The molecule has 0 aromatic rings. The molecule has 0 bridgehead atoms. The van der Waals surface area contributed by atoms with Gasteiger partial charge in [-0.25, -0.2) is 9.59 Å². The molecule has 1 amide bonds. The zero-order chi connectivity index (χ0) is 10.4. The second-order valence-corrected chi connectivity index (χ2v) is 2.64. The Hall–Kier alpha value is -1.26. The van der Waals surface area contributed by atoms with Crippen LogP contribution in [0.1, 0.15) is 15.2 Å². The minimum absolute atomic E-state index is 0.226. The summed E-state index contributed by atoms with van der Waals surface area (Å²) in [5, 5.41) is 10.8. The summed E-state index contributed by atoms with van der Waals surface area (Å²) in [6.07, 6.45) is -0.879. The Morgan fingerprint density at radius 1 is 1.58 bits per heavy atom. The summed E-state index contributed by atoms with van der Waals surface area (Å²) in [6, 6.07) is -0.973. The van der Waals surface area contributed by atoms with Gasteiger partial charge in [0.2, 0.25) is 0 Å². The molecule has 2 N–H and O–H groups in total. The molecule has 0 aromatic heterocycles.